The van der Waals surface area contributed by atoms with Gasteiger partial charge < -0.3 is 19.0 Å². The van der Waals surface area contributed by atoms with Crippen LogP contribution in [0.1, 0.15) is 0 Å². The first-order valence-electron chi connectivity index (χ1n) is 12.0. The Morgan fingerprint density at radius 3 is 2.50 bits per heavy atom. The number of furan rings is 1. The van der Waals surface area contributed by atoms with Gasteiger partial charge in [0.2, 0.25) is 5.88 Å². The van der Waals surface area contributed by atoms with E-state index in [0.717, 1.165) is 44.6 Å². The molecule has 0 aliphatic carbocycles. The van der Waals surface area contributed by atoms with Crippen molar-refractivity contribution in [2.45, 2.75) is 0 Å². The molecule has 6 aromatic rings. The molecule has 0 N–H and O–H groups in total. The Balaban J connectivity index is 0.00000264. The van der Waals surface area contributed by atoms with Crippen molar-refractivity contribution in [1.82, 2.24) is 4.98 Å². The van der Waals surface area contributed by atoms with Crippen LogP contribution in [0.5, 0.6) is 11.6 Å². The maximum atomic E-state index is 6.17. The second kappa shape index (κ2) is 10.2. The minimum atomic E-state index is 0. The summed E-state index contributed by atoms with van der Waals surface area (Å²) in [7, 11) is 0. The molecular weight excluding hydrogens is 653 g/mol. The van der Waals surface area contributed by atoms with Crippen LogP contribution >= 0.6 is 0 Å². The van der Waals surface area contributed by atoms with Gasteiger partial charge in [0.25, 0.3) is 0 Å². The number of anilines is 2. The second-order valence-corrected chi connectivity index (χ2v) is 8.62. The van der Waals surface area contributed by atoms with E-state index in [-0.39, 0.29) is 21.1 Å². The molecule has 0 atom stereocenters. The number of para-hydroxylation sites is 2. The largest absolute Gasteiger partial charge is 0.501 e. The van der Waals surface area contributed by atoms with Crippen molar-refractivity contribution in [2.24, 2.45) is 0 Å². The van der Waals surface area contributed by atoms with E-state index in [1.165, 1.54) is 0 Å². The molecule has 188 valence electrons. The zero-order valence-corrected chi connectivity index (χ0v) is 22.3. The summed E-state index contributed by atoms with van der Waals surface area (Å²) in [5.74, 6) is 1.05. The fourth-order valence-corrected chi connectivity index (χ4v) is 4.50. The number of ether oxygens (including phenoxy) is 1. The van der Waals surface area contributed by atoms with Crippen molar-refractivity contribution in [2.75, 3.05) is 9.80 Å². The molecule has 2 aromatic heterocycles. The van der Waals surface area contributed by atoms with E-state index in [2.05, 4.69) is 35.2 Å². The van der Waals surface area contributed by atoms with Gasteiger partial charge in [-0.3, -0.25) is 4.98 Å². The van der Waals surface area contributed by atoms with Crippen LogP contribution in [0.15, 0.2) is 120 Å². The molecule has 38 heavy (non-hydrogen) atoms. The zero-order chi connectivity index (χ0) is 24.6. The van der Waals surface area contributed by atoms with Gasteiger partial charge in [-0.25, -0.2) is 0 Å². The number of benzene rings is 4. The Kier molecular flexibility index (Phi) is 6.45. The monoisotopic (exact) mass is 673 g/mol. The minimum absolute atomic E-state index is 0. The summed E-state index contributed by atoms with van der Waals surface area (Å²) in [4.78, 5) is 8.82. The molecule has 4 aromatic carbocycles. The van der Waals surface area contributed by atoms with Crippen LogP contribution in [-0.2, 0) is 21.1 Å². The maximum absolute atomic E-state index is 6.17. The molecule has 7 rings (SSSR count). The molecule has 5 nitrogen and oxygen atoms in total. The summed E-state index contributed by atoms with van der Waals surface area (Å²) in [6, 6.07) is 40.3. The molecule has 0 radical (unpaired) electrons. The summed E-state index contributed by atoms with van der Waals surface area (Å²) in [6.07, 6.45) is 4.00. The molecule has 0 saturated heterocycles. The standard InChI is InChI=1S/C32H20N3O2.Pt/c1-2-9-23(10-3-1)34-19-20-35(22-34)24-11-6-12-25(21-24)36-31-18-8-16-29(33-31)28-15-7-14-27-26-13-4-5-17-30(26)37-32(27)28;/h1-14,16-20,22H;/q-3;. The summed E-state index contributed by atoms with van der Waals surface area (Å²) in [6.45, 7) is 2.01. The van der Waals surface area contributed by atoms with Gasteiger partial charge in [0.1, 0.15) is 5.58 Å². The fourth-order valence-electron chi connectivity index (χ4n) is 4.50. The molecule has 0 unspecified atom stereocenters. The van der Waals surface area contributed by atoms with Crippen molar-refractivity contribution < 1.29 is 30.2 Å². The SMILES string of the molecule is [Pt].[c-]1c(Oc2cccc(-c3[c-]ccc4c3oc3ccccc34)n2)cccc1N1C=CN(c2ccccc2)[CH-]1. The van der Waals surface area contributed by atoms with Gasteiger partial charge in [0, 0.05) is 37.9 Å². The Labute approximate surface area is 234 Å². The first-order valence-corrected chi connectivity index (χ1v) is 12.0. The van der Waals surface area contributed by atoms with Crippen LogP contribution in [0.25, 0.3) is 33.2 Å². The summed E-state index contributed by atoms with van der Waals surface area (Å²) < 4.78 is 12.3. The van der Waals surface area contributed by atoms with Gasteiger partial charge in [0.05, 0.1) is 5.58 Å². The molecule has 6 heteroatoms. The summed E-state index contributed by atoms with van der Waals surface area (Å²) in [5, 5.41) is 2.11. The third kappa shape index (κ3) is 4.46. The molecule has 0 amide bonds. The van der Waals surface area contributed by atoms with Crippen LogP contribution in [0.3, 0.4) is 0 Å². The zero-order valence-electron chi connectivity index (χ0n) is 20.0. The van der Waals surface area contributed by atoms with E-state index in [1.54, 1.807) is 0 Å². The predicted molar refractivity (Wildman–Crippen MR) is 146 cm³/mol. The molecule has 0 fully saturated rings. The van der Waals surface area contributed by atoms with Crippen molar-refractivity contribution in [3.8, 4) is 22.9 Å². The van der Waals surface area contributed by atoms with Crippen molar-refractivity contribution in [1.29, 1.82) is 0 Å². The minimum Gasteiger partial charge on any atom is -0.501 e. The summed E-state index contributed by atoms with van der Waals surface area (Å²) in [5.41, 5.74) is 5.09. The number of rotatable bonds is 5. The van der Waals surface area contributed by atoms with Crippen LogP contribution < -0.4 is 14.5 Å². The van der Waals surface area contributed by atoms with Crippen molar-refractivity contribution in [3.63, 3.8) is 0 Å². The molecule has 1 aliphatic rings. The smallest absolute Gasteiger partial charge is 0.207 e. The average molecular weight is 674 g/mol. The number of aromatic nitrogens is 1. The third-order valence-electron chi connectivity index (χ3n) is 6.25. The quantitative estimate of drug-likeness (QED) is 0.174. The Hall–Kier alpha value is -4.34. The molecule has 0 saturated carbocycles. The Bertz CT molecular complexity index is 1760. The Morgan fingerprint density at radius 1 is 0.763 bits per heavy atom. The van der Waals surface area contributed by atoms with Gasteiger partial charge >= 0.3 is 0 Å². The molecule has 3 heterocycles. The van der Waals surface area contributed by atoms with Crippen LogP contribution in [0, 0.1) is 18.8 Å². The van der Waals surface area contributed by atoms with Crippen molar-refractivity contribution in [3.05, 3.63) is 134 Å². The predicted octanol–water partition coefficient (Wildman–Crippen LogP) is 7.96. The number of nitrogens with zero attached hydrogens (tertiary/aromatic N) is 3. The average Bonchev–Trinajstić information content (AvgIpc) is 3.60. The van der Waals surface area contributed by atoms with E-state index in [9.17, 15) is 0 Å². The van der Waals surface area contributed by atoms with Crippen LogP contribution in [-0.4, -0.2) is 4.98 Å². The topological polar surface area (TPSA) is 41.7 Å². The van der Waals surface area contributed by atoms with Gasteiger partial charge in [-0.1, -0.05) is 59.5 Å². The maximum Gasteiger partial charge on any atom is 0.207 e. The fraction of sp³-hybridized carbons (Fsp3) is 0. The number of pyridine rings is 1. The van der Waals surface area contributed by atoms with Crippen LogP contribution in [0.4, 0.5) is 11.4 Å². The number of hydrogen-bond acceptors (Lipinski definition) is 5. The molecule has 0 bridgehead atoms. The van der Waals surface area contributed by atoms with E-state index in [4.69, 9.17) is 14.1 Å². The van der Waals surface area contributed by atoms with Gasteiger partial charge in [-0.2, -0.15) is 6.07 Å². The van der Waals surface area contributed by atoms with E-state index >= 15 is 0 Å². The van der Waals surface area contributed by atoms with Gasteiger partial charge in [0.15, 0.2) is 0 Å². The van der Waals surface area contributed by atoms with E-state index < -0.39 is 0 Å². The van der Waals surface area contributed by atoms with Gasteiger partial charge in [-0.05, 0) is 42.4 Å². The third-order valence-corrected chi connectivity index (χ3v) is 6.25. The second-order valence-electron chi connectivity index (χ2n) is 8.62. The molecular formula is C32H20N3O2Pt-3. The van der Waals surface area contributed by atoms with Gasteiger partial charge in [-0.15, -0.1) is 48.8 Å². The first-order chi connectivity index (χ1) is 18.3. The van der Waals surface area contributed by atoms with E-state index in [0.29, 0.717) is 11.6 Å². The number of hydrogen-bond donors (Lipinski definition) is 0. The van der Waals surface area contributed by atoms with Crippen LogP contribution in [0.2, 0.25) is 0 Å². The van der Waals surface area contributed by atoms with E-state index in [1.807, 2.05) is 109 Å². The number of fused-ring (bicyclic) bond motifs is 3. The Morgan fingerprint density at radius 2 is 1.58 bits per heavy atom. The summed E-state index contributed by atoms with van der Waals surface area (Å²) >= 11 is 0. The van der Waals surface area contributed by atoms with Crippen molar-refractivity contribution >= 4 is 33.3 Å². The molecule has 0 spiro atoms. The normalized spacial score (nSPS) is 12.7. The molecule has 1 aliphatic heterocycles. The first kappa shape index (κ1) is 24.0.